The Balaban J connectivity index is 0.000000367. The van der Waals surface area contributed by atoms with Gasteiger partial charge in [0.25, 0.3) is 12.5 Å². The van der Waals surface area contributed by atoms with Crippen LogP contribution in [0.4, 0.5) is 22.7 Å². The van der Waals surface area contributed by atoms with E-state index in [1.165, 1.54) is 71.8 Å². The molecule has 5 rings (SSSR count). The van der Waals surface area contributed by atoms with E-state index in [1.54, 1.807) is 36.4 Å². The number of nitrogens with zero attached hydrogens (tertiary/aromatic N) is 2. The van der Waals surface area contributed by atoms with Crippen LogP contribution in [0.5, 0.6) is 11.5 Å². The van der Waals surface area contributed by atoms with E-state index < -0.39 is 41.2 Å². The van der Waals surface area contributed by atoms with Crippen molar-refractivity contribution in [1.29, 1.82) is 0 Å². The first-order valence-corrected chi connectivity index (χ1v) is 18.8. The predicted molar refractivity (Wildman–Crippen MR) is 232 cm³/mol. The van der Waals surface area contributed by atoms with E-state index in [1.807, 2.05) is 12.1 Å². The quantitative estimate of drug-likeness (QED) is 0.0187. The van der Waals surface area contributed by atoms with E-state index in [4.69, 9.17) is 42.5 Å². The molecule has 344 valence electrons. The zero-order chi connectivity index (χ0) is 48.5. The molecule has 0 spiro atoms. The number of allylic oxidation sites excluding steroid dienone is 1. The summed E-state index contributed by atoms with van der Waals surface area (Å²) in [4.78, 5) is 68.7. The Morgan fingerprint density at radius 1 is 0.708 bits per heavy atom. The maximum Gasteiger partial charge on any atom is 0.356 e. The number of nitrogens with one attached hydrogen (secondary N) is 1. The Labute approximate surface area is 372 Å². The molecule has 0 radical (unpaired) electrons. The zero-order valence-electron chi connectivity index (χ0n) is 35.9. The van der Waals surface area contributed by atoms with Crippen LogP contribution in [0.25, 0.3) is 0 Å². The number of aliphatic hydroxyl groups excluding tert-OH is 3. The molecule has 1 aliphatic heterocycles. The van der Waals surface area contributed by atoms with Gasteiger partial charge in [-0.3, -0.25) is 9.59 Å². The Bertz CT molecular complexity index is 2350. The number of ether oxygens (including phenoxy) is 7. The summed E-state index contributed by atoms with van der Waals surface area (Å²) in [6, 6.07) is 21.8. The molecule has 0 bridgehead atoms. The number of carbonyl (C=O) groups is 6. The summed E-state index contributed by atoms with van der Waals surface area (Å²) in [6.45, 7) is 6.26. The molecule has 1 aliphatic rings. The molecule has 65 heavy (non-hydrogen) atoms. The van der Waals surface area contributed by atoms with Gasteiger partial charge in [0.2, 0.25) is 0 Å². The highest BCUT2D eigenvalue weighted by atomic mass is 16.6. The highest BCUT2D eigenvalue weighted by Gasteiger charge is 2.27. The van der Waals surface area contributed by atoms with Crippen LogP contribution in [0.3, 0.4) is 0 Å². The number of amides is 1. The van der Waals surface area contributed by atoms with Crippen LogP contribution >= 0.6 is 0 Å². The summed E-state index contributed by atoms with van der Waals surface area (Å²) in [6.07, 6.45) is 0.306. The van der Waals surface area contributed by atoms with E-state index in [0.717, 1.165) is 0 Å². The van der Waals surface area contributed by atoms with Crippen LogP contribution in [-0.2, 0) is 33.3 Å². The molecular formula is C44H48N5O16+. The summed E-state index contributed by atoms with van der Waals surface area (Å²) < 4.78 is 33.0. The van der Waals surface area contributed by atoms with Crippen molar-refractivity contribution in [1.82, 2.24) is 0 Å². The van der Waals surface area contributed by atoms with Crippen LogP contribution in [0.1, 0.15) is 54.8 Å². The number of azo groups is 1. The van der Waals surface area contributed by atoms with Gasteiger partial charge < -0.3 is 65.3 Å². The first kappa shape index (κ1) is 52.7. The molecule has 1 amide bonds. The van der Waals surface area contributed by atoms with E-state index in [-0.39, 0.29) is 66.1 Å². The highest BCUT2D eigenvalue weighted by Crippen LogP contribution is 2.27. The minimum atomic E-state index is -0.817. The monoisotopic (exact) mass is 902 g/mol. The van der Waals surface area contributed by atoms with Crippen molar-refractivity contribution in [3.05, 3.63) is 131 Å². The second kappa shape index (κ2) is 27.5. The van der Waals surface area contributed by atoms with Crippen molar-refractivity contribution in [2.24, 2.45) is 10.2 Å². The standard InChI is InChI=1S/C22H23N3O8.C10H11NO4.C8H11NO2.C4H3O2/c1-13(27)19(20(28)23-16-6-4-5-7-18(16)33-11-10-26)25-24-17-12-14(21(29)31-2)8-9-15(17)22(30)32-3;1-14-9(12)6-3-4-7(8(11)5-6)10(13)15-2;9-7-3-1-2-4-8(7)11-6-5-10;1-3-2-4(5)6-3/h4-9,12,26-27H,10-11H2,1-3H3,(H,23,28);3-5H,11H2,1-2H3;1-4,10H,5-6,9H2;1H,2H2/q;;;+1. The third kappa shape index (κ3) is 17.1. The average molecular weight is 903 g/mol. The summed E-state index contributed by atoms with van der Waals surface area (Å²) in [5.74, 6) is -2.70. The second-order valence-electron chi connectivity index (χ2n) is 12.4. The normalized spacial score (nSPS) is 11.4. The fraction of sp³-hybridized carbons (Fsp3) is 0.227. The number of cyclic esters (lactones) is 1. The van der Waals surface area contributed by atoms with E-state index in [0.29, 0.717) is 34.9 Å². The average Bonchev–Trinajstić information content (AvgIpc) is 3.30. The predicted octanol–water partition coefficient (Wildman–Crippen LogP) is 4.87. The first-order valence-electron chi connectivity index (χ1n) is 18.8. The van der Waals surface area contributed by atoms with Crippen molar-refractivity contribution >= 4 is 58.5 Å². The number of nitrogen functional groups attached to an aromatic ring is 2. The zero-order valence-corrected chi connectivity index (χ0v) is 35.9. The lowest BCUT2D eigenvalue weighted by Gasteiger charge is -2.12. The van der Waals surface area contributed by atoms with Gasteiger partial charge in [-0.15, -0.1) is 10.2 Å². The second-order valence-corrected chi connectivity index (χ2v) is 12.4. The van der Waals surface area contributed by atoms with Gasteiger partial charge >= 0.3 is 35.6 Å². The Hall–Kier alpha value is -8.39. The number of nitrogens with two attached hydrogens (primary N) is 2. The Morgan fingerprint density at radius 2 is 1.20 bits per heavy atom. The van der Waals surface area contributed by atoms with Gasteiger partial charge in [0, 0.05) is 5.69 Å². The molecule has 0 unspecified atom stereocenters. The van der Waals surface area contributed by atoms with Gasteiger partial charge in [0.05, 0.1) is 75.3 Å². The molecule has 0 aromatic heterocycles. The lowest BCUT2D eigenvalue weighted by molar-refractivity contribution is -0.148. The number of benzene rings is 4. The van der Waals surface area contributed by atoms with E-state index >= 15 is 0 Å². The number of hydrogen-bond donors (Lipinski definition) is 6. The van der Waals surface area contributed by atoms with E-state index in [2.05, 4.69) is 34.5 Å². The molecule has 4 aromatic rings. The fourth-order valence-corrected chi connectivity index (χ4v) is 4.71. The lowest BCUT2D eigenvalue weighted by atomic mass is 10.1. The van der Waals surface area contributed by atoms with Crippen molar-refractivity contribution in [3.63, 3.8) is 0 Å². The van der Waals surface area contributed by atoms with Gasteiger partial charge in [-0.05, 0) is 67.6 Å². The number of para-hydroxylation sites is 4. The maximum absolute atomic E-state index is 12.7. The number of rotatable bonds is 14. The summed E-state index contributed by atoms with van der Waals surface area (Å²) in [5, 5.41) is 37.6. The summed E-state index contributed by atoms with van der Waals surface area (Å²) >= 11 is 0. The third-order valence-corrected chi connectivity index (χ3v) is 7.83. The third-order valence-electron chi connectivity index (χ3n) is 7.83. The van der Waals surface area contributed by atoms with Gasteiger partial charge in [-0.1, -0.05) is 24.3 Å². The molecule has 4 aromatic carbocycles. The van der Waals surface area contributed by atoms with E-state index in [9.17, 15) is 33.9 Å². The van der Waals surface area contributed by atoms with Crippen LogP contribution in [0.2, 0.25) is 0 Å². The topological polar surface area (TPSA) is 317 Å². The molecule has 8 N–H and O–H groups in total. The summed E-state index contributed by atoms with van der Waals surface area (Å²) in [5.41, 5.74) is 12.2. The number of anilines is 3. The molecule has 1 heterocycles. The van der Waals surface area contributed by atoms with Crippen molar-refractivity contribution in [2.75, 3.05) is 71.7 Å². The highest BCUT2D eigenvalue weighted by molar-refractivity contribution is 6.04. The number of carbonyl (C=O) groups excluding carboxylic acids is 6. The SMILES string of the molecule is COC(=O)c1ccc(C(=O)OC)c(N)c1.COC(=O)c1ccc(C(=O)OC)c(N=NC(C(=O)Nc2ccccc2OCCO)=C(C)O)c1.Nc1ccccc1OCCO.[CH+]=C1CC(=O)O1. The summed E-state index contributed by atoms with van der Waals surface area (Å²) in [7, 11) is 4.90. The molecule has 1 fully saturated rings. The number of hydrogen-bond acceptors (Lipinski definition) is 20. The Kier molecular flexibility index (Phi) is 22.3. The van der Waals surface area contributed by atoms with Gasteiger partial charge in [0.15, 0.2) is 12.1 Å². The van der Waals surface area contributed by atoms with Crippen LogP contribution in [0, 0.1) is 6.58 Å². The molecule has 1 saturated heterocycles. The van der Waals surface area contributed by atoms with Gasteiger partial charge in [0.1, 0.15) is 36.2 Å². The number of esters is 5. The minimum Gasteiger partial charge on any atom is -0.510 e. The van der Waals surface area contributed by atoms with Gasteiger partial charge in [-0.25, -0.2) is 19.2 Å². The van der Waals surface area contributed by atoms with Crippen molar-refractivity contribution < 1.29 is 77.2 Å². The van der Waals surface area contributed by atoms with Crippen LogP contribution in [0.15, 0.2) is 112 Å². The maximum atomic E-state index is 12.7. The number of aliphatic hydroxyl groups is 3. The lowest BCUT2D eigenvalue weighted by Crippen LogP contribution is -2.16. The molecule has 21 heteroatoms. The van der Waals surface area contributed by atoms with Crippen LogP contribution in [-0.4, -0.2) is 106 Å². The smallest absolute Gasteiger partial charge is 0.356 e. The Morgan fingerprint density at radius 3 is 1.68 bits per heavy atom. The molecule has 0 aliphatic carbocycles. The fourth-order valence-electron chi connectivity index (χ4n) is 4.71. The van der Waals surface area contributed by atoms with Crippen molar-refractivity contribution in [3.8, 4) is 11.5 Å². The van der Waals surface area contributed by atoms with Crippen LogP contribution < -0.4 is 26.3 Å². The minimum absolute atomic E-state index is 0.00827. The molecule has 0 atom stereocenters. The number of methoxy groups -OCH3 is 4. The molecule has 0 saturated carbocycles. The first-order chi connectivity index (χ1) is 31.0. The largest absolute Gasteiger partial charge is 0.510 e. The molecule has 21 nitrogen and oxygen atoms in total. The van der Waals surface area contributed by atoms with Crippen molar-refractivity contribution in [2.45, 2.75) is 13.3 Å². The molecular weight excluding hydrogens is 855 g/mol. The van der Waals surface area contributed by atoms with Gasteiger partial charge in [-0.2, -0.15) is 0 Å².